The number of furan rings is 1. The van der Waals surface area contributed by atoms with Crippen LogP contribution in [0.15, 0.2) is 59.0 Å². The van der Waals surface area contributed by atoms with E-state index in [0.717, 1.165) is 35.3 Å². The van der Waals surface area contributed by atoms with Crippen molar-refractivity contribution in [1.82, 2.24) is 9.80 Å². The van der Waals surface area contributed by atoms with Gasteiger partial charge in [0.2, 0.25) is 11.8 Å². The third kappa shape index (κ3) is 3.78. The minimum atomic E-state index is -0.243. The molecule has 3 heterocycles. The van der Waals surface area contributed by atoms with Crippen molar-refractivity contribution in [2.45, 2.75) is 24.3 Å². The smallest absolute Gasteiger partial charge is 0.234 e. The standard InChI is InChI=1S/C24H23BrN2O3S/c25-14-22(28)26-12-10-24(11-13-26)27(23(29)16-31-24)15-18-8-9-21(30-18)20-7-3-5-17-4-1-2-6-19(17)20/h1-9H,10-16H2. The summed E-state index contributed by atoms with van der Waals surface area (Å²) in [6.07, 6.45) is 1.58. The maximum atomic E-state index is 12.8. The van der Waals surface area contributed by atoms with E-state index in [2.05, 4.69) is 40.2 Å². The van der Waals surface area contributed by atoms with E-state index in [1.807, 2.05) is 40.1 Å². The minimum absolute atomic E-state index is 0.112. The second-order valence-electron chi connectivity index (χ2n) is 8.02. The summed E-state index contributed by atoms with van der Waals surface area (Å²) in [5.41, 5.74) is 1.06. The third-order valence-electron chi connectivity index (χ3n) is 6.30. The van der Waals surface area contributed by atoms with Gasteiger partial charge in [0.15, 0.2) is 0 Å². The normalized spacial score (nSPS) is 18.3. The van der Waals surface area contributed by atoms with Crippen molar-refractivity contribution in [2.75, 3.05) is 24.2 Å². The van der Waals surface area contributed by atoms with Gasteiger partial charge in [-0.1, -0.05) is 58.4 Å². The van der Waals surface area contributed by atoms with E-state index in [1.54, 1.807) is 11.8 Å². The lowest BCUT2D eigenvalue weighted by atomic mass is 10.0. The zero-order chi connectivity index (χ0) is 21.4. The maximum absolute atomic E-state index is 12.8. The molecular formula is C24H23BrN2O3S. The molecule has 1 spiro atoms. The zero-order valence-corrected chi connectivity index (χ0v) is 19.5. The van der Waals surface area contributed by atoms with Crippen molar-refractivity contribution in [2.24, 2.45) is 0 Å². The van der Waals surface area contributed by atoms with Crippen LogP contribution in [0, 0.1) is 0 Å². The van der Waals surface area contributed by atoms with Gasteiger partial charge in [0.25, 0.3) is 0 Å². The van der Waals surface area contributed by atoms with Gasteiger partial charge < -0.3 is 14.2 Å². The average Bonchev–Trinajstić information content (AvgIpc) is 3.40. The van der Waals surface area contributed by atoms with E-state index in [0.29, 0.717) is 30.7 Å². The number of alkyl halides is 1. The van der Waals surface area contributed by atoms with E-state index in [1.165, 1.54) is 5.39 Å². The van der Waals surface area contributed by atoms with E-state index >= 15 is 0 Å². The number of rotatable bonds is 4. The number of halogens is 1. The van der Waals surface area contributed by atoms with Gasteiger partial charge in [-0.3, -0.25) is 9.59 Å². The van der Waals surface area contributed by atoms with Gasteiger partial charge >= 0.3 is 0 Å². The molecule has 2 aliphatic rings. The summed E-state index contributed by atoms with van der Waals surface area (Å²) < 4.78 is 6.22. The summed E-state index contributed by atoms with van der Waals surface area (Å²) in [6, 6.07) is 18.4. The molecule has 0 unspecified atom stereocenters. The monoisotopic (exact) mass is 498 g/mol. The van der Waals surface area contributed by atoms with Gasteiger partial charge in [-0.25, -0.2) is 0 Å². The molecule has 31 heavy (non-hydrogen) atoms. The number of nitrogens with zero attached hydrogens (tertiary/aromatic N) is 2. The quantitative estimate of drug-likeness (QED) is 0.480. The van der Waals surface area contributed by atoms with E-state index in [4.69, 9.17) is 4.42 Å². The summed E-state index contributed by atoms with van der Waals surface area (Å²) in [4.78, 5) is 28.4. The molecule has 0 bridgehead atoms. The van der Waals surface area contributed by atoms with Crippen LogP contribution < -0.4 is 0 Å². The number of hydrogen-bond acceptors (Lipinski definition) is 4. The number of thioether (sulfide) groups is 1. The van der Waals surface area contributed by atoms with Crippen LogP contribution in [-0.2, 0) is 16.1 Å². The molecule has 2 saturated heterocycles. The zero-order valence-electron chi connectivity index (χ0n) is 17.1. The Labute approximate surface area is 193 Å². The summed E-state index contributed by atoms with van der Waals surface area (Å²) in [5.74, 6) is 2.35. The van der Waals surface area contributed by atoms with E-state index < -0.39 is 0 Å². The minimum Gasteiger partial charge on any atom is -0.459 e. The molecule has 160 valence electrons. The van der Waals surface area contributed by atoms with Crippen LogP contribution in [0.4, 0.5) is 0 Å². The lowest BCUT2D eigenvalue weighted by Crippen LogP contribution is -2.52. The molecule has 2 aliphatic heterocycles. The Morgan fingerprint density at radius 1 is 1.06 bits per heavy atom. The first-order valence-electron chi connectivity index (χ1n) is 10.4. The van der Waals surface area contributed by atoms with Crippen molar-refractivity contribution in [3.8, 4) is 11.3 Å². The highest BCUT2D eigenvalue weighted by atomic mass is 79.9. The molecule has 3 aromatic rings. The highest BCUT2D eigenvalue weighted by Crippen LogP contribution is 2.45. The number of benzene rings is 2. The second kappa shape index (κ2) is 8.36. The van der Waals surface area contributed by atoms with Crippen molar-refractivity contribution in [3.63, 3.8) is 0 Å². The Kier molecular flexibility index (Phi) is 5.56. The van der Waals surface area contributed by atoms with Crippen LogP contribution in [0.25, 0.3) is 22.1 Å². The van der Waals surface area contributed by atoms with Gasteiger partial charge in [0.05, 0.1) is 22.5 Å². The molecule has 0 N–H and O–H groups in total. The Hall–Kier alpha value is -2.25. The predicted octanol–water partition coefficient (Wildman–Crippen LogP) is 4.89. The lowest BCUT2D eigenvalue weighted by molar-refractivity contribution is -0.134. The number of fused-ring (bicyclic) bond motifs is 1. The summed E-state index contributed by atoms with van der Waals surface area (Å²) in [7, 11) is 0. The number of carbonyl (C=O) groups excluding carboxylic acids is 2. The largest absolute Gasteiger partial charge is 0.459 e. The SMILES string of the molecule is O=C(CBr)N1CCC2(CC1)SCC(=O)N2Cc1ccc(-c2cccc3ccccc23)o1. The topological polar surface area (TPSA) is 53.8 Å². The Morgan fingerprint density at radius 2 is 1.84 bits per heavy atom. The van der Waals surface area contributed by atoms with Gasteiger partial charge in [-0.05, 0) is 35.7 Å². The van der Waals surface area contributed by atoms with Gasteiger partial charge in [-0.15, -0.1) is 11.8 Å². The fraction of sp³-hybridized carbons (Fsp3) is 0.333. The molecule has 5 nitrogen and oxygen atoms in total. The molecule has 0 saturated carbocycles. The molecule has 0 aliphatic carbocycles. The molecule has 2 fully saturated rings. The first kappa shape index (κ1) is 20.6. The molecule has 2 aromatic carbocycles. The van der Waals surface area contributed by atoms with Gasteiger partial charge in [0.1, 0.15) is 11.5 Å². The van der Waals surface area contributed by atoms with Crippen LogP contribution in [-0.4, -0.2) is 50.7 Å². The van der Waals surface area contributed by atoms with Gasteiger partial charge in [-0.2, -0.15) is 0 Å². The molecule has 5 rings (SSSR count). The Morgan fingerprint density at radius 3 is 2.65 bits per heavy atom. The highest BCUT2D eigenvalue weighted by molar-refractivity contribution is 9.09. The highest BCUT2D eigenvalue weighted by Gasteiger charge is 2.48. The molecule has 0 radical (unpaired) electrons. The summed E-state index contributed by atoms with van der Waals surface area (Å²) in [6.45, 7) is 1.82. The summed E-state index contributed by atoms with van der Waals surface area (Å²) in [5, 5.41) is 2.67. The molecule has 2 amide bonds. The van der Waals surface area contributed by atoms with Crippen molar-refractivity contribution < 1.29 is 14.0 Å². The fourth-order valence-corrected chi connectivity index (χ4v) is 6.32. The van der Waals surface area contributed by atoms with Crippen molar-refractivity contribution >= 4 is 50.3 Å². The third-order valence-corrected chi connectivity index (χ3v) is 8.34. The molecule has 0 atom stereocenters. The predicted molar refractivity (Wildman–Crippen MR) is 127 cm³/mol. The first-order valence-corrected chi connectivity index (χ1v) is 12.6. The summed E-state index contributed by atoms with van der Waals surface area (Å²) >= 11 is 4.97. The van der Waals surface area contributed by atoms with Crippen LogP contribution in [0.5, 0.6) is 0 Å². The van der Waals surface area contributed by atoms with Crippen LogP contribution in [0.1, 0.15) is 18.6 Å². The molecule has 7 heteroatoms. The fourth-order valence-electron chi connectivity index (χ4n) is 4.62. The molecule has 1 aromatic heterocycles. The van der Waals surface area contributed by atoms with Crippen molar-refractivity contribution in [3.05, 3.63) is 60.4 Å². The van der Waals surface area contributed by atoms with E-state index in [-0.39, 0.29) is 16.7 Å². The number of likely N-dealkylation sites (tertiary alicyclic amines) is 1. The Balaban J connectivity index is 1.37. The molecular weight excluding hydrogens is 476 g/mol. The number of amides is 2. The number of carbonyl (C=O) groups is 2. The number of piperidine rings is 1. The van der Waals surface area contributed by atoms with Crippen LogP contribution in [0.2, 0.25) is 0 Å². The van der Waals surface area contributed by atoms with E-state index in [9.17, 15) is 9.59 Å². The number of hydrogen-bond donors (Lipinski definition) is 0. The van der Waals surface area contributed by atoms with Crippen LogP contribution >= 0.6 is 27.7 Å². The lowest BCUT2D eigenvalue weighted by Gasteiger charge is -2.43. The van der Waals surface area contributed by atoms with Gasteiger partial charge in [0, 0.05) is 18.7 Å². The first-order chi connectivity index (χ1) is 15.1. The van der Waals surface area contributed by atoms with Crippen molar-refractivity contribution in [1.29, 1.82) is 0 Å². The van der Waals surface area contributed by atoms with Crippen LogP contribution in [0.3, 0.4) is 0 Å². The Bertz CT molecular complexity index is 1130. The maximum Gasteiger partial charge on any atom is 0.234 e. The average molecular weight is 499 g/mol. The second-order valence-corrected chi connectivity index (χ2v) is 9.92.